The highest BCUT2D eigenvalue weighted by atomic mass is 32.1. The first kappa shape index (κ1) is 14.6. The zero-order valence-corrected chi connectivity index (χ0v) is 12.8. The van der Waals surface area contributed by atoms with E-state index in [9.17, 15) is 4.79 Å². The van der Waals surface area contributed by atoms with E-state index in [0.29, 0.717) is 0 Å². The summed E-state index contributed by atoms with van der Waals surface area (Å²) in [7, 11) is 0. The van der Waals surface area contributed by atoms with Crippen molar-refractivity contribution >= 4 is 17.2 Å². The third-order valence-corrected chi connectivity index (χ3v) is 4.16. The van der Waals surface area contributed by atoms with Gasteiger partial charge in [-0.25, -0.2) is 0 Å². The standard InChI is InChI=1S/C16H19NO2S/c1-11-6-4-7-12(2)16(11)19-10-15(18)17-13(3)14-8-5-9-20-14/h4-9,13H,10H2,1-3H3,(H,17,18). The molecule has 0 aliphatic rings. The largest absolute Gasteiger partial charge is 0.483 e. The highest BCUT2D eigenvalue weighted by molar-refractivity contribution is 7.10. The highest BCUT2D eigenvalue weighted by Gasteiger charge is 2.12. The fourth-order valence-corrected chi connectivity index (χ4v) is 2.79. The molecule has 20 heavy (non-hydrogen) atoms. The van der Waals surface area contributed by atoms with E-state index in [1.807, 2.05) is 56.5 Å². The van der Waals surface area contributed by atoms with Crippen LogP contribution in [0.2, 0.25) is 0 Å². The summed E-state index contributed by atoms with van der Waals surface area (Å²) in [6.45, 7) is 5.98. The van der Waals surface area contributed by atoms with E-state index in [4.69, 9.17) is 4.74 Å². The Bertz CT molecular complexity index is 558. The molecule has 1 unspecified atom stereocenters. The van der Waals surface area contributed by atoms with Gasteiger partial charge in [-0.3, -0.25) is 4.79 Å². The van der Waals surface area contributed by atoms with Crippen LogP contribution < -0.4 is 10.1 Å². The molecule has 0 saturated heterocycles. The van der Waals surface area contributed by atoms with Crippen molar-refractivity contribution in [1.82, 2.24) is 5.32 Å². The number of hydrogen-bond acceptors (Lipinski definition) is 3. The predicted octanol–water partition coefficient (Wildman–Crippen LogP) is 3.62. The number of ether oxygens (including phenoxy) is 1. The SMILES string of the molecule is Cc1cccc(C)c1OCC(=O)NC(C)c1cccs1. The average molecular weight is 289 g/mol. The van der Waals surface area contributed by atoms with Gasteiger partial charge in [-0.15, -0.1) is 11.3 Å². The van der Waals surface area contributed by atoms with E-state index in [0.717, 1.165) is 21.8 Å². The van der Waals surface area contributed by atoms with Gasteiger partial charge in [0, 0.05) is 4.88 Å². The van der Waals surface area contributed by atoms with Crippen LogP contribution in [0.15, 0.2) is 35.7 Å². The lowest BCUT2D eigenvalue weighted by atomic mass is 10.1. The van der Waals surface area contributed by atoms with Gasteiger partial charge in [0.05, 0.1) is 6.04 Å². The summed E-state index contributed by atoms with van der Waals surface area (Å²) in [6.07, 6.45) is 0. The summed E-state index contributed by atoms with van der Waals surface area (Å²) in [4.78, 5) is 13.1. The Morgan fingerprint density at radius 1 is 1.25 bits per heavy atom. The molecule has 0 aliphatic carbocycles. The smallest absolute Gasteiger partial charge is 0.258 e. The minimum absolute atomic E-state index is 0.0177. The summed E-state index contributed by atoms with van der Waals surface area (Å²) in [5.74, 6) is 0.694. The molecular formula is C16H19NO2S. The Morgan fingerprint density at radius 2 is 1.95 bits per heavy atom. The van der Waals surface area contributed by atoms with Crippen LogP contribution in [0, 0.1) is 13.8 Å². The third-order valence-electron chi connectivity index (χ3n) is 3.10. The molecular weight excluding hydrogens is 270 g/mol. The van der Waals surface area contributed by atoms with Gasteiger partial charge in [-0.1, -0.05) is 24.3 Å². The van der Waals surface area contributed by atoms with E-state index in [1.165, 1.54) is 0 Å². The summed E-state index contributed by atoms with van der Waals surface area (Å²) < 4.78 is 5.64. The summed E-state index contributed by atoms with van der Waals surface area (Å²) in [6, 6.07) is 9.96. The van der Waals surface area contributed by atoms with Crippen LogP contribution in [0.4, 0.5) is 0 Å². The van der Waals surface area contributed by atoms with Crippen molar-refractivity contribution in [2.75, 3.05) is 6.61 Å². The van der Waals surface area contributed by atoms with Gasteiger partial charge in [-0.05, 0) is 43.3 Å². The topological polar surface area (TPSA) is 38.3 Å². The molecule has 0 aliphatic heterocycles. The van der Waals surface area contributed by atoms with Gasteiger partial charge in [0.15, 0.2) is 6.61 Å². The normalized spacial score (nSPS) is 11.9. The van der Waals surface area contributed by atoms with E-state index in [-0.39, 0.29) is 18.6 Å². The second-order valence-corrected chi connectivity index (χ2v) is 5.79. The van der Waals surface area contributed by atoms with Gasteiger partial charge < -0.3 is 10.1 Å². The van der Waals surface area contributed by atoms with E-state index in [1.54, 1.807) is 11.3 Å². The minimum atomic E-state index is -0.103. The van der Waals surface area contributed by atoms with Gasteiger partial charge in [0.2, 0.25) is 0 Å². The number of hydrogen-bond donors (Lipinski definition) is 1. The van der Waals surface area contributed by atoms with Crippen molar-refractivity contribution in [2.45, 2.75) is 26.8 Å². The molecule has 1 heterocycles. The first-order chi connectivity index (χ1) is 9.58. The molecule has 0 spiro atoms. The molecule has 1 amide bonds. The van der Waals surface area contributed by atoms with Crippen molar-refractivity contribution in [3.05, 3.63) is 51.7 Å². The molecule has 0 bridgehead atoms. The van der Waals surface area contributed by atoms with Crippen molar-refractivity contribution in [2.24, 2.45) is 0 Å². The average Bonchev–Trinajstić information content (AvgIpc) is 2.92. The summed E-state index contributed by atoms with van der Waals surface area (Å²) >= 11 is 1.64. The Labute approximate surface area is 123 Å². The molecule has 1 aromatic heterocycles. The number of amides is 1. The Balaban J connectivity index is 1.89. The lowest BCUT2D eigenvalue weighted by molar-refractivity contribution is -0.123. The molecule has 106 valence electrons. The maximum Gasteiger partial charge on any atom is 0.258 e. The number of nitrogens with one attached hydrogen (secondary N) is 1. The van der Waals surface area contributed by atoms with Gasteiger partial charge >= 0.3 is 0 Å². The maximum absolute atomic E-state index is 11.9. The minimum Gasteiger partial charge on any atom is -0.483 e. The monoisotopic (exact) mass is 289 g/mol. The number of carbonyl (C=O) groups excluding carboxylic acids is 1. The van der Waals surface area contributed by atoms with Crippen LogP contribution in [0.3, 0.4) is 0 Å². The number of thiophene rings is 1. The van der Waals surface area contributed by atoms with Crippen LogP contribution in [0.25, 0.3) is 0 Å². The van der Waals surface area contributed by atoms with E-state index < -0.39 is 0 Å². The van der Waals surface area contributed by atoms with Crippen molar-refractivity contribution < 1.29 is 9.53 Å². The molecule has 2 aromatic rings. The van der Waals surface area contributed by atoms with Gasteiger partial charge in [0.25, 0.3) is 5.91 Å². The van der Waals surface area contributed by atoms with Crippen molar-refractivity contribution in [3.8, 4) is 5.75 Å². The summed E-state index contributed by atoms with van der Waals surface area (Å²) in [5, 5.41) is 4.94. The Hall–Kier alpha value is -1.81. The molecule has 0 saturated carbocycles. The lowest BCUT2D eigenvalue weighted by Gasteiger charge is -2.14. The van der Waals surface area contributed by atoms with Crippen molar-refractivity contribution in [1.29, 1.82) is 0 Å². The second kappa shape index (κ2) is 6.57. The molecule has 3 nitrogen and oxygen atoms in total. The number of carbonyl (C=O) groups is 1. The quantitative estimate of drug-likeness (QED) is 0.913. The van der Waals surface area contributed by atoms with Crippen molar-refractivity contribution in [3.63, 3.8) is 0 Å². The molecule has 0 fully saturated rings. The van der Waals surface area contributed by atoms with Gasteiger partial charge in [-0.2, -0.15) is 0 Å². The second-order valence-electron chi connectivity index (χ2n) is 4.81. The molecule has 4 heteroatoms. The maximum atomic E-state index is 11.9. The first-order valence-electron chi connectivity index (χ1n) is 6.59. The molecule has 1 aromatic carbocycles. The van der Waals surface area contributed by atoms with Crippen LogP contribution in [0.5, 0.6) is 5.75 Å². The van der Waals surface area contributed by atoms with E-state index >= 15 is 0 Å². The number of rotatable bonds is 5. The molecule has 1 N–H and O–H groups in total. The van der Waals surface area contributed by atoms with Crippen LogP contribution in [-0.2, 0) is 4.79 Å². The molecule has 0 radical (unpaired) electrons. The number of aryl methyl sites for hydroxylation is 2. The van der Waals surface area contributed by atoms with E-state index in [2.05, 4.69) is 5.32 Å². The first-order valence-corrected chi connectivity index (χ1v) is 7.47. The Morgan fingerprint density at radius 3 is 2.55 bits per heavy atom. The van der Waals surface area contributed by atoms with Gasteiger partial charge in [0.1, 0.15) is 5.75 Å². The predicted molar refractivity (Wildman–Crippen MR) is 82.3 cm³/mol. The number of para-hydroxylation sites is 1. The zero-order valence-electron chi connectivity index (χ0n) is 12.0. The molecule has 2 rings (SSSR count). The lowest BCUT2D eigenvalue weighted by Crippen LogP contribution is -2.31. The highest BCUT2D eigenvalue weighted by Crippen LogP contribution is 2.22. The zero-order chi connectivity index (χ0) is 14.5. The van der Waals surface area contributed by atoms with Crippen LogP contribution >= 0.6 is 11.3 Å². The Kier molecular flexibility index (Phi) is 4.79. The third kappa shape index (κ3) is 3.61. The fraction of sp³-hybridized carbons (Fsp3) is 0.312. The fourth-order valence-electron chi connectivity index (χ4n) is 2.06. The van der Waals surface area contributed by atoms with Crippen LogP contribution in [-0.4, -0.2) is 12.5 Å². The number of benzene rings is 1. The van der Waals surface area contributed by atoms with Crippen LogP contribution in [0.1, 0.15) is 29.0 Å². The molecule has 1 atom stereocenters. The summed E-state index contributed by atoms with van der Waals surface area (Å²) in [5.41, 5.74) is 2.09.